The third-order valence-corrected chi connectivity index (χ3v) is 5.48. The number of nitrogens with zero attached hydrogens (tertiary/aromatic N) is 1. The van der Waals surface area contributed by atoms with E-state index in [4.69, 9.17) is 14.5 Å². The number of aliphatic imine (C=N–C) groups is 1. The van der Waals surface area contributed by atoms with E-state index in [-0.39, 0.29) is 35.3 Å². The molecule has 1 aromatic carbocycles. The molecule has 7 nitrogen and oxygen atoms in total. The van der Waals surface area contributed by atoms with Gasteiger partial charge >= 0.3 is 0 Å². The van der Waals surface area contributed by atoms with Crippen molar-refractivity contribution in [1.82, 2.24) is 16.0 Å². The van der Waals surface area contributed by atoms with Crippen LogP contribution in [0.15, 0.2) is 23.2 Å². The molecule has 0 atom stereocenters. The Kier molecular flexibility index (Phi) is 11.9. The number of carbonyl (C=O) groups is 1. The highest BCUT2D eigenvalue weighted by atomic mass is 127. The first kappa shape index (κ1) is 26.3. The molecule has 1 saturated carbocycles. The molecule has 1 aliphatic carbocycles. The highest BCUT2D eigenvalue weighted by molar-refractivity contribution is 14.0. The fraction of sp³-hybridized carbons (Fsp3) is 0.636. The Bertz CT molecular complexity index is 691. The number of ether oxygens (including phenoxy) is 2. The van der Waals surface area contributed by atoms with E-state index in [0.717, 1.165) is 36.8 Å². The van der Waals surface area contributed by atoms with Gasteiger partial charge in [0.1, 0.15) is 0 Å². The Labute approximate surface area is 197 Å². The maximum Gasteiger partial charge on any atom is 0.216 e. The van der Waals surface area contributed by atoms with Crippen LogP contribution in [-0.2, 0) is 10.2 Å². The topological polar surface area (TPSA) is 84.0 Å². The van der Waals surface area contributed by atoms with Gasteiger partial charge in [0.2, 0.25) is 5.91 Å². The minimum Gasteiger partial charge on any atom is -0.493 e. The van der Waals surface area contributed by atoms with Crippen LogP contribution < -0.4 is 25.4 Å². The van der Waals surface area contributed by atoms with Crippen LogP contribution in [-0.4, -0.2) is 52.3 Å². The smallest absolute Gasteiger partial charge is 0.216 e. The number of methoxy groups -OCH3 is 2. The third kappa shape index (κ3) is 7.52. The minimum absolute atomic E-state index is 0. The zero-order chi connectivity index (χ0) is 21.1. The summed E-state index contributed by atoms with van der Waals surface area (Å²) in [5, 5.41) is 9.40. The summed E-state index contributed by atoms with van der Waals surface area (Å²) in [7, 11) is 3.34. The summed E-state index contributed by atoms with van der Waals surface area (Å²) < 4.78 is 11.0. The van der Waals surface area contributed by atoms with Crippen LogP contribution in [0.4, 0.5) is 0 Å². The van der Waals surface area contributed by atoms with Crippen LogP contribution in [0.3, 0.4) is 0 Å². The van der Waals surface area contributed by atoms with E-state index in [9.17, 15) is 4.79 Å². The Hall–Kier alpha value is -1.71. The molecule has 0 bridgehead atoms. The molecule has 2 rings (SSSR count). The molecule has 3 N–H and O–H groups in total. The Morgan fingerprint density at radius 2 is 1.70 bits per heavy atom. The molecule has 1 amide bonds. The molecule has 8 heteroatoms. The summed E-state index contributed by atoms with van der Waals surface area (Å²) in [6.07, 6.45) is 5.90. The SMILES string of the molecule is CCNC(=NCC1(c2ccc(OC)c(OC)c2)CCCCC1)NCCNC(C)=O.I. The quantitative estimate of drug-likeness (QED) is 0.197. The fourth-order valence-electron chi connectivity index (χ4n) is 3.92. The van der Waals surface area contributed by atoms with Gasteiger partial charge in [0, 0.05) is 32.0 Å². The molecule has 0 aliphatic heterocycles. The first-order chi connectivity index (χ1) is 14.0. The lowest BCUT2D eigenvalue weighted by atomic mass is 9.69. The van der Waals surface area contributed by atoms with Crippen molar-refractivity contribution in [2.24, 2.45) is 4.99 Å². The van der Waals surface area contributed by atoms with Crippen molar-refractivity contribution in [1.29, 1.82) is 0 Å². The zero-order valence-electron chi connectivity index (χ0n) is 18.7. The van der Waals surface area contributed by atoms with Crippen molar-refractivity contribution in [3.05, 3.63) is 23.8 Å². The number of benzene rings is 1. The van der Waals surface area contributed by atoms with Gasteiger partial charge in [-0.15, -0.1) is 24.0 Å². The predicted molar refractivity (Wildman–Crippen MR) is 132 cm³/mol. The van der Waals surface area contributed by atoms with E-state index in [1.165, 1.54) is 31.7 Å². The Balaban J connectivity index is 0.00000450. The van der Waals surface area contributed by atoms with E-state index in [1.807, 2.05) is 6.07 Å². The molecule has 0 aromatic heterocycles. The lowest BCUT2D eigenvalue weighted by Crippen LogP contribution is -2.42. The number of hydrogen-bond donors (Lipinski definition) is 3. The number of hydrogen-bond acceptors (Lipinski definition) is 4. The monoisotopic (exact) mass is 532 g/mol. The second kappa shape index (κ2) is 13.6. The molecule has 30 heavy (non-hydrogen) atoms. The second-order valence-electron chi connectivity index (χ2n) is 7.52. The second-order valence-corrected chi connectivity index (χ2v) is 7.52. The van der Waals surface area contributed by atoms with E-state index in [2.05, 4.69) is 35.0 Å². The average Bonchev–Trinajstić information content (AvgIpc) is 2.74. The van der Waals surface area contributed by atoms with Crippen molar-refractivity contribution >= 4 is 35.8 Å². The van der Waals surface area contributed by atoms with Crippen molar-refractivity contribution in [3.8, 4) is 11.5 Å². The Morgan fingerprint density at radius 3 is 2.30 bits per heavy atom. The number of nitrogens with one attached hydrogen (secondary N) is 3. The molecule has 0 radical (unpaired) electrons. The molecule has 0 heterocycles. The van der Waals surface area contributed by atoms with Crippen molar-refractivity contribution in [2.45, 2.75) is 51.4 Å². The first-order valence-electron chi connectivity index (χ1n) is 10.5. The van der Waals surface area contributed by atoms with Crippen LogP contribution >= 0.6 is 24.0 Å². The van der Waals surface area contributed by atoms with Crippen molar-refractivity contribution in [3.63, 3.8) is 0 Å². The van der Waals surface area contributed by atoms with Gasteiger partial charge in [0.25, 0.3) is 0 Å². The number of halogens is 1. The van der Waals surface area contributed by atoms with E-state index < -0.39 is 0 Å². The number of amides is 1. The van der Waals surface area contributed by atoms with Gasteiger partial charge < -0.3 is 25.4 Å². The lowest BCUT2D eigenvalue weighted by Gasteiger charge is -2.37. The normalized spacial score (nSPS) is 15.5. The molecular weight excluding hydrogens is 495 g/mol. The standard InChI is InChI=1S/C22H36N4O3.HI/c1-5-23-21(25-14-13-24-17(2)27)26-16-22(11-7-6-8-12-22)18-9-10-19(28-3)20(15-18)29-4;/h9-10,15H,5-8,11-14,16H2,1-4H3,(H,24,27)(H2,23,25,26);1H. The van der Waals surface area contributed by atoms with Crippen LogP contribution in [0, 0.1) is 0 Å². The number of rotatable bonds is 9. The first-order valence-corrected chi connectivity index (χ1v) is 10.5. The van der Waals surface area contributed by atoms with Crippen LogP contribution in [0.5, 0.6) is 11.5 Å². The Morgan fingerprint density at radius 1 is 1.03 bits per heavy atom. The predicted octanol–water partition coefficient (Wildman–Crippen LogP) is 3.21. The van der Waals surface area contributed by atoms with Gasteiger partial charge in [-0.2, -0.15) is 0 Å². The summed E-state index contributed by atoms with van der Waals surface area (Å²) in [5.74, 6) is 2.27. The van der Waals surface area contributed by atoms with Gasteiger partial charge in [-0.05, 0) is 37.5 Å². The summed E-state index contributed by atoms with van der Waals surface area (Å²) in [6.45, 7) is 6.27. The highest BCUT2D eigenvalue weighted by Crippen LogP contribution is 2.42. The van der Waals surface area contributed by atoms with Gasteiger partial charge in [-0.25, -0.2) is 0 Å². The van der Waals surface area contributed by atoms with Crippen molar-refractivity contribution in [2.75, 3.05) is 40.4 Å². The van der Waals surface area contributed by atoms with Crippen LogP contribution in [0.1, 0.15) is 51.5 Å². The summed E-state index contributed by atoms with van der Waals surface area (Å²) in [4.78, 5) is 15.9. The fourth-order valence-corrected chi connectivity index (χ4v) is 3.92. The van der Waals surface area contributed by atoms with Gasteiger partial charge in [-0.1, -0.05) is 25.3 Å². The van der Waals surface area contributed by atoms with Gasteiger partial charge in [0.15, 0.2) is 17.5 Å². The largest absolute Gasteiger partial charge is 0.493 e. The highest BCUT2D eigenvalue weighted by Gasteiger charge is 2.34. The summed E-state index contributed by atoms with van der Waals surface area (Å²) in [5.41, 5.74) is 1.25. The lowest BCUT2D eigenvalue weighted by molar-refractivity contribution is -0.118. The van der Waals surface area contributed by atoms with E-state index in [1.54, 1.807) is 14.2 Å². The third-order valence-electron chi connectivity index (χ3n) is 5.48. The van der Waals surface area contributed by atoms with Crippen LogP contribution in [0.25, 0.3) is 0 Å². The molecule has 1 aromatic rings. The summed E-state index contributed by atoms with van der Waals surface area (Å²) >= 11 is 0. The minimum atomic E-state index is -0.0247. The molecule has 170 valence electrons. The molecule has 1 fully saturated rings. The van der Waals surface area contributed by atoms with E-state index >= 15 is 0 Å². The number of carbonyl (C=O) groups excluding carboxylic acids is 1. The molecule has 0 saturated heterocycles. The van der Waals surface area contributed by atoms with Gasteiger partial charge in [0.05, 0.1) is 20.8 Å². The van der Waals surface area contributed by atoms with Crippen LogP contribution in [0.2, 0.25) is 0 Å². The maximum atomic E-state index is 11.0. The molecular formula is C22H37IN4O3. The van der Waals surface area contributed by atoms with E-state index in [0.29, 0.717) is 19.6 Å². The zero-order valence-corrected chi connectivity index (χ0v) is 21.0. The average molecular weight is 532 g/mol. The molecule has 0 spiro atoms. The number of guanidine groups is 1. The van der Waals surface area contributed by atoms with Crippen molar-refractivity contribution < 1.29 is 14.3 Å². The van der Waals surface area contributed by atoms with Gasteiger partial charge in [-0.3, -0.25) is 9.79 Å². The molecule has 1 aliphatic rings. The maximum absolute atomic E-state index is 11.0. The summed E-state index contributed by atoms with van der Waals surface area (Å²) in [6, 6.07) is 6.25. The molecule has 0 unspecified atom stereocenters.